The van der Waals surface area contributed by atoms with Crippen LogP contribution in [0, 0.1) is 34.3 Å². The van der Waals surface area contributed by atoms with Gasteiger partial charge in [-0.15, -0.1) is 0 Å². The van der Waals surface area contributed by atoms with Crippen LogP contribution in [-0.4, -0.2) is 49.6 Å². The maximum atomic E-state index is 13.4. The van der Waals surface area contributed by atoms with Crippen LogP contribution in [-0.2, 0) is 41.8 Å². The normalized spacial score (nSPS) is 19.5. The zero-order valence-corrected chi connectivity index (χ0v) is 27.4. The first kappa shape index (κ1) is 35.5. The summed E-state index contributed by atoms with van der Waals surface area (Å²) in [6.45, 7) is 0.221. The van der Waals surface area contributed by atoms with Crippen LogP contribution in [0.3, 0.4) is 0 Å². The highest BCUT2D eigenvalue weighted by Gasteiger charge is 2.51. The fourth-order valence-electron chi connectivity index (χ4n) is 5.55. The molecule has 6 rings (SSSR count). The Morgan fingerprint density at radius 3 is 1.42 bits per heavy atom. The number of rotatable bonds is 12. The molecule has 0 amide bonds. The number of hydrogen-bond acceptors (Lipinski definition) is 10. The van der Waals surface area contributed by atoms with E-state index in [9.17, 15) is 28.9 Å². The van der Waals surface area contributed by atoms with E-state index in [1.54, 1.807) is 72.8 Å². The highest BCUT2D eigenvalue weighted by molar-refractivity contribution is 5.98. The van der Waals surface area contributed by atoms with Crippen LogP contribution in [0.15, 0.2) is 108 Å². The predicted molar refractivity (Wildman–Crippen MR) is 181 cm³/mol. The van der Waals surface area contributed by atoms with Gasteiger partial charge in [0.25, 0.3) is 0 Å². The van der Waals surface area contributed by atoms with E-state index in [2.05, 4.69) is 0 Å². The van der Waals surface area contributed by atoms with Gasteiger partial charge in [0.2, 0.25) is 0 Å². The van der Waals surface area contributed by atoms with Gasteiger partial charge in [-0.05, 0) is 82.9 Å². The number of halogens is 2. The Labute approximate surface area is 297 Å². The number of fused-ring (bicyclic) bond motifs is 1. The lowest BCUT2D eigenvalue weighted by Gasteiger charge is -2.17. The zero-order valence-electron chi connectivity index (χ0n) is 27.4. The molecule has 0 N–H and O–H groups in total. The van der Waals surface area contributed by atoms with Crippen LogP contribution in [0.2, 0.25) is 0 Å². The van der Waals surface area contributed by atoms with Gasteiger partial charge in [0.1, 0.15) is 71.8 Å². The molecule has 0 saturated carbocycles. The van der Waals surface area contributed by atoms with Crippen molar-refractivity contribution in [3.8, 4) is 23.6 Å². The SMILES string of the molecule is N#C/C(=C\c1ccc(OCc2cccc(F)c2)cc1)C(=O)O[C@H]1CO[C@H]2[C@@H]1OC[C@H]2OC(=O)/C(C#N)=C/c1ccc(OCc2cccc(F)c2)cc1. The highest BCUT2D eigenvalue weighted by atomic mass is 19.1. The van der Waals surface area contributed by atoms with Crippen LogP contribution in [0.1, 0.15) is 22.3 Å². The average molecular weight is 705 g/mol. The van der Waals surface area contributed by atoms with Crippen LogP contribution in [0.5, 0.6) is 11.5 Å². The van der Waals surface area contributed by atoms with Crippen molar-refractivity contribution in [1.29, 1.82) is 10.5 Å². The second-order valence-electron chi connectivity index (χ2n) is 11.8. The Hall–Kier alpha value is -6.34. The lowest BCUT2D eigenvalue weighted by atomic mass is 10.1. The largest absolute Gasteiger partial charge is 0.489 e. The molecule has 52 heavy (non-hydrogen) atoms. The topological polar surface area (TPSA) is 137 Å². The molecular formula is C40H30F2N2O8. The van der Waals surface area contributed by atoms with Gasteiger partial charge in [0.15, 0.2) is 12.2 Å². The lowest BCUT2D eigenvalue weighted by molar-refractivity contribution is -0.149. The number of esters is 2. The third-order valence-electron chi connectivity index (χ3n) is 8.13. The monoisotopic (exact) mass is 704 g/mol. The number of nitrogens with zero attached hydrogens (tertiary/aromatic N) is 2. The van der Waals surface area contributed by atoms with Gasteiger partial charge in [-0.2, -0.15) is 10.5 Å². The molecule has 4 atom stereocenters. The fraction of sp³-hybridized carbons (Fsp3) is 0.200. The van der Waals surface area contributed by atoms with Crippen molar-refractivity contribution >= 4 is 24.1 Å². The summed E-state index contributed by atoms with van der Waals surface area (Å²) in [5, 5.41) is 19.3. The molecule has 2 aliphatic heterocycles. The average Bonchev–Trinajstić information content (AvgIpc) is 3.74. The summed E-state index contributed by atoms with van der Waals surface area (Å²) >= 11 is 0. The second-order valence-corrected chi connectivity index (χ2v) is 11.8. The van der Waals surface area contributed by atoms with Gasteiger partial charge in [-0.3, -0.25) is 0 Å². The molecule has 0 radical (unpaired) electrons. The molecular weight excluding hydrogens is 674 g/mol. The van der Waals surface area contributed by atoms with Gasteiger partial charge in [0, 0.05) is 0 Å². The number of benzene rings is 4. The maximum absolute atomic E-state index is 13.4. The van der Waals surface area contributed by atoms with Crippen molar-refractivity contribution in [2.24, 2.45) is 0 Å². The first-order chi connectivity index (χ1) is 25.3. The van der Waals surface area contributed by atoms with Crippen molar-refractivity contribution in [2.75, 3.05) is 13.2 Å². The smallest absolute Gasteiger partial charge is 0.349 e. The molecule has 2 aliphatic rings. The van der Waals surface area contributed by atoms with E-state index in [0.29, 0.717) is 33.8 Å². The molecule has 10 nitrogen and oxygen atoms in total. The Bertz CT molecular complexity index is 1920. The molecule has 4 aromatic rings. The first-order valence-electron chi connectivity index (χ1n) is 16.1. The summed E-state index contributed by atoms with van der Waals surface area (Å²) in [6, 6.07) is 29.1. The van der Waals surface area contributed by atoms with Gasteiger partial charge in [-0.25, -0.2) is 18.4 Å². The minimum atomic E-state index is -0.882. The van der Waals surface area contributed by atoms with E-state index >= 15 is 0 Å². The Balaban J connectivity index is 0.996. The quantitative estimate of drug-likeness (QED) is 0.0945. The molecule has 0 unspecified atom stereocenters. The van der Waals surface area contributed by atoms with Gasteiger partial charge < -0.3 is 28.4 Å². The Morgan fingerprint density at radius 1 is 0.654 bits per heavy atom. The molecule has 12 heteroatoms. The second kappa shape index (κ2) is 16.6. The van der Waals surface area contributed by atoms with E-state index in [1.165, 1.54) is 36.4 Å². The third-order valence-corrected chi connectivity index (χ3v) is 8.13. The van der Waals surface area contributed by atoms with Crippen LogP contribution in [0.25, 0.3) is 12.2 Å². The standard InChI is InChI=1S/C40H30F2N2O8/c41-31-5-1-3-27(17-31)21-47-33-11-7-25(8-12-33)15-29(19-43)39(45)51-35-23-49-38-36(24-50-37(35)38)52-40(46)30(20-44)16-26-9-13-34(14-10-26)48-22-28-4-2-6-32(42)18-28/h1-18,35-38H,21-24H2/b29-15+,30-16+/t35-,36+,37-,38-/m1/s1. The van der Waals surface area contributed by atoms with Crippen molar-refractivity contribution in [2.45, 2.75) is 37.6 Å². The molecule has 262 valence electrons. The molecule has 2 heterocycles. The Morgan fingerprint density at radius 2 is 1.06 bits per heavy atom. The number of ether oxygens (including phenoxy) is 6. The molecule has 0 bridgehead atoms. The van der Waals surface area contributed by atoms with Gasteiger partial charge in [-0.1, -0.05) is 48.5 Å². The minimum absolute atomic E-state index is 0.0558. The van der Waals surface area contributed by atoms with E-state index in [1.807, 2.05) is 12.1 Å². The van der Waals surface area contributed by atoms with E-state index in [0.717, 1.165) is 0 Å². The zero-order chi connectivity index (χ0) is 36.5. The van der Waals surface area contributed by atoms with Gasteiger partial charge >= 0.3 is 11.9 Å². The van der Waals surface area contributed by atoms with Crippen molar-refractivity contribution in [3.05, 3.63) is 142 Å². The minimum Gasteiger partial charge on any atom is -0.489 e. The Kier molecular flexibility index (Phi) is 11.3. The molecule has 0 spiro atoms. The van der Waals surface area contributed by atoms with Crippen molar-refractivity contribution in [1.82, 2.24) is 0 Å². The predicted octanol–water partition coefficient (Wildman–Crippen LogP) is 6.26. The summed E-state index contributed by atoms with van der Waals surface area (Å²) in [6.07, 6.45) is -0.519. The molecule has 0 aliphatic carbocycles. The number of carbonyl (C=O) groups excluding carboxylic acids is 2. The molecule has 2 fully saturated rings. The summed E-state index contributed by atoms with van der Waals surface area (Å²) in [7, 11) is 0. The van der Waals surface area contributed by atoms with E-state index in [-0.39, 0.29) is 49.2 Å². The van der Waals surface area contributed by atoms with Crippen molar-refractivity contribution < 1.29 is 46.8 Å². The van der Waals surface area contributed by atoms with Crippen molar-refractivity contribution in [3.63, 3.8) is 0 Å². The van der Waals surface area contributed by atoms with Crippen LogP contribution >= 0.6 is 0 Å². The summed E-state index contributed by atoms with van der Waals surface area (Å²) in [5.74, 6) is -1.45. The van der Waals surface area contributed by atoms with Crippen LogP contribution in [0.4, 0.5) is 8.78 Å². The number of carbonyl (C=O) groups is 2. The highest BCUT2D eigenvalue weighted by Crippen LogP contribution is 2.32. The van der Waals surface area contributed by atoms with Crippen LogP contribution < -0.4 is 9.47 Å². The van der Waals surface area contributed by atoms with E-state index < -0.39 is 36.4 Å². The first-order valence-corrected chi connectivity index (χ1v) is 16.1. The number of nitriles is 2. The number of hydrogen-bond donors (Lipinski definition) is 0. The summed E-state index contributed by atoms with van der Waals surface area (Å²) in [4.78, 5) is 25.9. The maximum Gasteiger partial charge on any atom is 0.349 e. The van der Waals surface area contributed by atoms with E-state index in [4.69, 9.17) is 28.4 Å². The molecule has 2 saturated heterocycles. The molecule has 4 aromatic carbocycles. The fourth-order valence-corrected chi connectivity index (χ4v) is 5.55. The molecule has 0 aromatic heterocycles. The summed E-state index contributed by atoms with van der Waals surface area (Å²) in [5.41, 5.74) is 1.91. The third kappa shape index (κ3) is 9.06. The summed E-state index contributed by atoms with van der Waals surface area (Å²) < 4.78 is 60.8. The lowest BCUT2D eigenvalue weighted by Crippen LogP contribution is -2.36. The van der Waals surface area contributed by atoms with Gasteiger partial charge in [0.05, 0.1) is 13.2 Å².